The standard InChI is InChI=1S/C12H16O5S/c1-15-11-4-3-9(7-12(11)16-2)18(13,14)10-5-6-17-8-10/h3-4,7,10H,5-6,8H2,1-2H3. The maximum Gasteiger partial charge on any atom is 0.183 e. The minimum Gasteiger partial charge on any atom is -0.493 e. The molecule has 0 aromatic heterocycles. The second-order valence-corrected chi connectivity index (χ2v) is 6.28. The first-order chi connectivity index (χ1) is 8.59. The highest BCUT2D eigenvalue weighted by atomic mass is 32.2. The van der Waals surface area contributed by atoms with Crippen molar-refractivity contribution in [3.05, 3.63) is 18.2 Å². The molecule has 1 fully saturated rings. The molecule has 18 heavy (non-hydrogen) atoms. The van der Waals surface area contributed by atoms with Crippen molar-refractivity contribution in [2.24, 2.45) is 0 Å². The van der Waals surface area contributed by atoms with Crippen molar-refractivity contribution in [3.8, 4) is 11.5 Å². The lowest BCUT2D eigenvalue weighted by atomic mass is 10.3. The molecule has 1 heterocycles. The first kappa shape index (κ1) is 13.2. The van der Waals surface area contributed by atoms with Gasteiger partial charge in [-0.25, -0.2) is 8.42 Å². The van der Waals surface area contributed by atoms with E-state index in [9.17, 15) is 8.42 Å². The summed E-state index contributed by atoms with van der Waals surface area (Å²) in [5, 5.41) is -0.462. The summed E-state index contributed by atoms with van der Waals surface area (Å²) in [6, 6.07) is 4.63. The monoisotopic (exact) mass is 272 g/mol. The molecule has 0 saturated carbocycles. The van der Waals surface area contributed by atoms with Gasteiger partial charge in [-0.1, -0.05) is 0 Å². The Morgan fingerprint density at radius 1 is 1.22 bits per heavy atom. The third-order valence-electron chi connectivity index (χ3n) is 3.01. The maximum atomic E-state index is 12.3. The van der Waals surface area contributed by atoms with Crippen LogP contribution in [0.15, 0.2) is 23.1 Å². The van der Waals surface area contributed by atoms with E-state index in [1.54, 1.807) is 6.07 Å². The smallest absolute Gasteiger partial charge is 0.183 e. The lowest BCUT2D eigenvalue weighted by Crippen LogP contribution is -2.21. The summed E-state index contributed by atoms with van der Waals surface area (Å²) < 4.78 is 40.0. The van der Waals surface area contributed by atoms with E-state index in [-0.39, 0.29) is 11.5 Å². The van der Waals surface area contributed by atoms with E-state index in [2.05, 4.69) is 0 Å². The van der Waals surface area contributed by atoms with Crippen LogP contribution < -0.4 is 9.47 Å². The summed E-state index contributed by atoms with van der Waals surface area (Å²) in [6.07, 6.45) is 0.538. The van der Waals surface area contributed by atoms with Crippen LogP contribution in [-0.2, 0) is 14.6 Å². The predicted octanol–water partition coefficient (Wildman–Crippen LogP) is 1.27. The molecule has 1 atom stereocenters. The summed E-state index contributed by atoms with van der Waals surface area (Å²) in [5.41, 5.74) is 0. The Labute approximate surface area is 107 Å². The van der Waals surface area contributed by atoms with Crippen LogP contribution in [0.5, 0.6) is 11.5 Å². The van der Waals surface area contributed by atoms with Crippen molar-refractivity contribution < 1.29 is 22.6 Å². The molecule has 100 valence electrons. The molecule has 0 spiro atoms. The largest absolute Gasteiger partial charge is 0.493 e. The zero-order valence-electron chi connectivity index (χ0n) is 10.4. The number of sulfone groups is 1. The van der Waals surface area contributed by atoms with Crippen LogP contribution in [0.25, 0.3) is 0 Å². The Balaban J connectivity index is 2.38. The molecule has 0 amide bonds. The topological polar surface area (TPSA) is 61.8 Å². The van der Waals surface area contributed by atoms with Crippen LogP contribution in [0.4, 0.5) is 0 Å². The first-order valence-electron chi connectivity index (χ1n) is 5.63. The lowest BCUT2D eigenvalue weighted by Gasteiger charge is -2.13. The summed E-state index contributed by atoms with van der Waals surface area (Å²) in [4.78, 5) is 0.246. The molecule has 0 aliphatic carbocycles. The highest BCUT2D eigenvalue weighted by Crippen LogP contribution is 2.32. The molecule has 6 heteroatoms. The fraction of sp³-hybridized carbons (Fsp3) is 0.500. The molecule has 0 bridgehead atoms. The van der Waals surface area contributed by atoms with Crippen molar-refractivity contribution in [2.45, 2.75) is 16.6 Å². The second-order valence-electron chi connectivity index (χ2n) is 4.05. The van der Waals surface area contributed by atoms with Gasteiger partial charge in [0.15, 0.2) is 21.3 Å². The molecule has 1 aromatic rings. The molecule has 0 radical (unpaired) electrons. The van der Waals surface area contributed by atoms with Crippen molar-refractivity contribution in [2.75, 3.05) is 27.4 Å². The summed E-state index contributed by atoms with van der Waals surface area (Å²) >= 11 is 0. The first-order valence-corrected chi connectivity index (χ1v) is 7.18. The van der Waals surface area contributed by atoms with E-state index in [0.29, 0.717) is 24.5 Å². The van der Waals surface area contributed by atoms with Crippen molar-refractivity contribution in [3.63, 3.8) is 0 Å². The van der Waals surface area contributed by atoms with Crippen LogP contribution in [0, 0.1) is 0 Å². The van der Waals surface area contributed by atoms with E-state index in [0.717, 1.165) is 0 Å². The van der Waals surface area contributed by atoms with E-state index >= 15 is 0 Å². The molecule has 2 rings (SSSR count). The fourth-order valence-electron chi connectivity index (χ4n) is 1.94. The van der Waals surface area contributed by atoms with Crippen LogP contribution in [-0.4, -0.2) is 41.1 Å². The van der Waals surface area contributed by atoms with Gasteiger partial charge in [0.05, 0.1) is 31.0 Å². The Bertz CT molecular complexity index is 517. The second kappa shape index (κ2) is 5.16. The Kier molecular flexibility index (Phi) is 3.77. The number of hydrogen-bond acceptors (Lipinski definition) is 5. The Morgan fingerprint density at radius 2 is 1.94 bits per heavy atom. The summed E-state index contributed by atoms with van der Waals surface area (Å²) in [6.45, 7) is 0.758. The average molecular weight is 272 g/mol. The normalized spacial score (nSPS) is 19.8. The number of ether oxygens (including phenoxy) is 3. The minimum atomic E-state index is -3.36. The van der Waals surface area contributed by atoms with Gasteiger partial charge in [-0.3, -0.25) is 0 Å². The molecule has 1 unspecified atom stereocenters. The number of rotatable bonds is 4. The van der Waals surface area contributed by atoms with Gasteiger partial charge in [-0.15, -0.1) is 0 Å². The highest BCUT2D eigenvalue weighted by Gasteiger charge is 2.31. The maximum absolute atomic E-state index is 12.3. The van der Waals surface area contributed by atoms with Crippen LogP contribution in [0.2, 0.25) is 0 Å². The average Bonchev–Trinajstić information content (AvgIpc) is 2.92. The van der Waals surface area contributed by atoms with Gasteiger partial charge in [-0.2, -0.15) is 0 Å². The molecular formula is C12H16O5S. The highest BCUT2D eigenvalue weighted by molar-refractivity contribution is 7.92. The van der Waals surface area contributed by atoms with Gasteiger partial charge in [0.1, 0.15) is 0 Å². The summed E-state index contributed by atoms with van der Waals surface area (Å²) in [7, 11) is -0.367. The van der Waals surface area contributed by atoms with E-state index < -0.39 is 15.1 Å². The Morgan fingerprint density at radius 3 is 2.50 bits per heavy atom. The van der Waals surface area contributed by atoms with Gasteiger partial charge < -0.3 is 14.2 Å². The fourth-order valence-corrected chi connectivity index (χ4v) is 3.54. The van der Waals surface area contributed by atoms with Crippen LogP contribution in [0.1, 0.15) is 6.42 Å². The number of methoxy groups -OCH3 is 2. The van der Waals surface area contributed by atoms with Gasteiger partial charge in [0.25, 0.3) is 0 Å². The molecule has 1 aromatic carbocycles. The molecule has 0 N–H and O–H groups in total. The van der Waals surface area contributed by atoms with Crippen molar-refractivity contribution in [1.82, 2.24) is 0 Å². The number of hydrogen-bond donors (Lipinski definition) is 0. The van der Waals surface area contributed by atoms with E-state index in [1.807, 2.05) is 0 Å². The minimum absolute atomic E-state index is 0.246. The molecule has 1 saturated heterocycles. The van der Waals surface area contributed by atoms with E-state index in [1.165, 1.54) is 26.4 Å². The number of benzene rings is 1. The quantitative estimate of drug-likeness (QED) is 0.826. The third-order valence-corrected chi connectivity index (χ3v) is 5.17. The van der Waals surface area contributed by atoms with Crippen molar-refractivity contribution in [1.29, 1.82) is 0 Å². The lowest BCUT2D eigenvalue weighted by molar-refractivity contribution is 0.198. The zero-order chi connectivity index (χ0) is 13.2. The van der Waals surface area contributed by atoms with Gasteiger partial charge in [-0.05, 0) is 18.6 Å². The molecule has 1 aliphatic heterocycles. The molecular weight excluding hydrogens is 256 g/mol. The summed E-state index contributed by atoms with van der Waals surface area (Å²) in [5.74, 6) is 0.927. The molecule has 1 aliphatic rings. The van der Waals surface area contributed by atoms with E-state index in [4.69, 9.17) is 14.2 Å². The van der Waals surface area contributed by atoms with Gasteiger partial charge in [0, 0.05) is 12.7 Å². The Hall–Kier alpha value is -1.27. The van der Waals surface area contributed by atoms with Gasteiger partial charge >= 0.3 is 0 Å². The SMILES string of the molecule is COc1ccc(S(=O)(=O)C2CCOC2)cc1OC. The third kappa shape index (κ3) is 2.30. The van der Waals surface area contributed by atoms with Crippen LogP contribution >= 0.6 is 0 Å². The van der Waals surface area contributed by atoms with Crippen molar-refractivity contribution >= 4 is 9.84 Å². The zero-order valence-corrected chi connectivity index (χ0v) is 11.2. The molecule has 5 nitrogen and oxygen atoms in total. The predicted molar refractivity (Wildman–Crippen MR) is 66.0 cm³/mol. The van der Waals surface area contributed by atoms with Crippen LogP contribution in [0.3, 0.4) is 0 Å². The van der Waals surface area contributed by atoms with Gasteiger partial charge in [0.2, 0.25) is 0 Å².